The Kier molecular flexibility index (Phi) is 6.32. The highest BCUT2D eigenvalue weighted by molar-refractivity contribution is 5.62. The lowest BCUT2D eigenvalue weighted by Crippen LogP contribution is -2.08. The quantitative estimate of drug-likeness (QED) is 0.565. The SMILES string of the molecule is CC(=O)O.OCC1=CCCOC1. The topological polar surface area (TPSA) is 66.8 Å². The first kappa shape index (κ1) is 11.1. The average molecular weight is 174 g/mol. The molecule has 0 unspecified atom stereocenters. The Bertz CT molecular complexity index is 158. The zero-order valence-electron chi connectivity index (χ0n) is 7.12. The molecular weight excluding hydrogens is 160 g/mol. The molecule has 12 heavy (non-hydrogen) atoms. The van der Waals surface area contributed by atoms with Gasteiger partial charge in [0.2, 0.25) is 0 Å². The van der Waals surface area contributed by atoms with Crippen molar-refractivity contribution in [2.45, 2.75) is 13.3 Å². The highest BCUT2D eigenvalue weighted by Crippen LogP contribution is 2.02. The van der Waals surface area contributed by atoms with Crippen LogP contribution in [-0.4, -0.2) is 36.0 Å². The van der Waals surface area contributed by atoms with Crippen LogP contribution in [0.3, 0.4) is 0 Å². The standard InChI is InChI=1S/C6H10O2.C2H4O2/c7-4-6-2-1-3-8-5-6;1-2(3)4/h2,7H,1,3-5H2;1H3,(H,3,4). The van der Waals surface area contributed by atoms with Crippen molar-refractivity contribution in [3.8, 4) is 0 Å². The first-order valence-corrected chi connectivity index (χ1v) is 3.73. The number of carboxylic acids is 1. The van der Waals surface area contributed by atoms with Crippen LogP contribution in [0.1, 0.15) is 13.3 Å². The van der Waals surface area contributed by atoms with E-state index in [1.54, 1.807) is 0 Å². The van der Waals surface area contributed by atoms with Crippen molar-refractivity contribution >= 4 is 5.97 Å². The van der Waals surface area contributed by atoms with E-state index in [9.17, 15) is 0 Å². The largest absolute Gasteiger partial charge is 0.481 e. The fourth-order valence-corrected chi connectivity index (χ4v) is 0.719. The summed E-state index contributed by atoms with van der Waals surface area (Å²) in [7, 11) is 0. The summed E-state index contributed by atoms with van der Waals surface area (Å²) in [4.78, 5) is 9.00. The molecule has 1 rings (SSSR count). The van der Waals surface area contributed by atoms with Crippen LogP contribution in [0.5, 0.6) is 0 Å². The van der Waals surface area contributed by atoms with Gasteiger partial charge in [-0.2, -0.15) is 0 Å². The molecule has 4 nitrogen and oxygen atoms in total. The van der Waals surface area contributed by atoms with Crippen LogP contribution in [0.4, 0.5) is 0 Å². The Morgan fingerprint density at radius 3 is 2.58 bits per heavy atom. The minimum atomic E-state index is -0.833. The molecule has 4 heteroatoms. The third-order valence-corrected chi connectivity index (χ3v) is 1.19. The molecule has 0 saturated heterocycles. The monoisotopic (exact) mass is 174 g/mol. The van der Waals surface area contributed by atoms with Crippen LogP contribution in [0.2, 0.25) is 0 Å². The van der Waals surface area contributed by atoms with E-state index < -0.39 is 5.97 Å². The van der Waals surface area contributed by atoms with Crippen LogP contribution in [-0.2, 0) is 9.53 Å². The van der Waals surface area contributed by atoms with Crippen molar-refractivity contribution in [3.63, 3.8) is 0 Å². The lowest BCUT2D eigenvalue weighted by Gasteiger charge is -2.09. The van der Waals surface area contributed by atoms with E-state index in [-0.39, 0.29) is 6.61 Å². The van der Waals surface area contributed by atoms with Crippen molar-refractivity contribution in [2.75, 3.05) is 19.8 Å². The molecule has 70 valence electrons. The van der Waals surface area contributed by atoms with E-state index in [1.807, 2.05) is 6.08 Å². The summed E-state index contributed by atoms with van der Waals surface area (Å²) < 4.78 is 5.04. The Balaban J connectivity index is 0.000000261. The molecule has 0 aromatic rings. The number of ether oxygens (including phenoxy) is 1. The Hall–Kier alpha value is -0.870. The van der Waals surface area contributed by atoms with Crippen molar-refractivity contribution in [1.82, 2.24) is 0 Å². The van der Waals surface area contributed by atoms with E-state index in [4.69, 9.17) is 19.7 Å². The fraction of sp³-hybridized carbons (Fsp3) is 0.625. The van der Waals surface area contributed by atoms with Crippen molar-refractivity contribution in [2.24, 2.45) is 0 Å². The zero-order valence-corrected chi connectivity index (χ0v) is 7.12. The maximum atomic E-state index is 9.00. The molecule has 0 aromatic heterocycles. The maximum absolute atomic E-state index is 9.00. The van der Waals surface area contributed by atoms with Crippen LogP contribution in [0.15, 0.2) is 11.6 Å². The lowest BCUT2D eigenvalue weighted by molar-refractivity contribution is -0.134. The van der Waals surface area contributed by atoms with Gasteiger partial charge in [0.1, 0.15) is 0 Å². The van der Waals surface area contributed by atoms with Crippen LogP contribution < -0.4 is 0 Å². The summed E-state index contributed by atoms with van der Waals surface area (Å²) in [5.41, 5.74) is 1.01. The zero-order chi connectivity index (χ0) is 9.40. The molecule has 0 radical (unpaired) electrons. The normalized spacial score (nSPS) is 15.7. The number of carboxylic acid groups (broad SMARTS) is 1. The third-order valence-electron chi connectivity index (χ3n) is 1.19. The fourth-order valence-electron chi connectivity index (χ4n) is 0.719. The van der Waals surface area contributed by atoms with Gasteiger partial charge in [0.15, 0.2) is 0 Å². The van der Waals surface area contributed by atoms with Gasteiger partial charge < -0.3 is 14.9 Å². The van der Waals surface area contributed by atoms with E-state index in [0.717, 1.165) is 25.5 Å². The van der Waals surface area contributed by atoms with Gasteiger partial charge in [-0.05, 0) is 12.0 Å². The minimum absolute atomic E-state index is 0.153. The van der Waals surface area contributed by atoms with Crippen LogP contribution in [0, 0.1) is 0 Å². The van der Waals surface area contributed by atoms with Crippen LogP contribution >= 0.6 is 0 Å². The third kappa shape index (κ3) is 7.24. The second-order valence-corrected chi connectivity index (χ2v) is 2.38. The van der Waals surface area contributed by atoms with E-state index in [0.29, 0.717) is 6.61 Å². The number of hydrogen-bond acceptors (Lipinski definition) is 3. The van der Waals surface area contributed by atoms with Crippen molar-refractivity contribution < 1.29 is 19.7 Å². The number of aliphatic hydroxyl groups excluding tert-OH is 1. The van der Waals surface area contributed by atoms with Crippen LogP contribution in [0.25, 0.3) is 0 Å². The molecular formula is C8H14O4. The van der Waals surface area contributed by atoms with E-state index >= 15 is 0 Å². The van der Waals surface area contributed by atoms with Gasteiger partial charge in [0, 0.05) is 6.92 Å². The minimum Gasteiger partial charge on any atom is -0.481 e. The Labute approximate surface area is 71.5 Å². The summed E-state index contributed by atoms with van der Waals surface area (Å²) in [5, 5.41) is 16.0. The maximum Gasteiger partial charge on any atom is 0.300 e. The molecule has 0 aliphatic carbocycles. The Morgan fingerprint density at radius 2 is 2.33 bits per heavy atom. The molecule has 0 amide bonds. The number of carbonyl (C=O) groups is 1. The smallest absolute Gasteiger partial charge is 0.300 e. The molecule has 0 aromatic carbocycles. The number of aliphatic carboxylic acids is 1. The second-order valence-electron chi connectivity index (χ2n) is 2.38. The van der Waals surface area contributed by atoms with Gasteiger partial charge in [-0.1, -0.05) is 6.08 Å². The summed E-state index contributed by atoms with van der Waals surface area (Å²) in [6, 6.07) is 0. The molecule has 0 saturated carbocycles. The summed E-state index contributed by atoms with van der Waals surface area (Å²) in [6.45, 7) is 2.67. The van der Waals surface area contributed by atoms with Crippen molar-refractivity contribution in [3.05, 3.63) is 11.6 Å². The summed E-state index contributed by atoms with van der Waals surface area (Å²) in [6.07, 6.45) is 2.99. The van der Waals surface area contributed by atoms with Crippen molar-refractivity contribution in [1.29, 1.82) is 0 Å². The molecule has 0 bridgehead atoms. The van der Waals surface area contributed by atoms with Gasteiger partial charge in [-0.15, -0.1) is 0 Å². The van der Waals surface area contributed by atoms with E-state index in [1.165, 1.54) is 0 Å². The molecule has 0 spiro atoms. The Morgan fingerprint density at radius 1 is 1.75 bits per heavy atom. The van der Waals surface area contributed by atoms with Gasteiger partial charge in [0.25, 0.3) is 5.97 Å². The predicted molar refractivity (Wildman–Crippen MR) is 43.9 cm³/mol. The van der Waals surface area contributed by atoms with Gasteiger partial charge >= 0.3 is 0 Å². The number of aliphatic hydroxyl groups is 1. The lowest BCUT2D eigenvalue weighted by atomic mass is 10.2. The summed E-state index contributed by atoms with van der Waals surface area (Å²) >= 11 is 0. The first-order chi connectivity index (χ1) is 5.66. The molecule has 1 heterocycles. The predicted octanol–water partition coefficient (Wildman–Crippen LogP) is 0.416. The molecule has 1 aliphatic rings. The molecule has 0 atom stereocenters. The van der Waals surface area contributed by atoms with Gasteiger partial charge in [-0.25, -0.2) is 0 Å². The number of rotatable bonds is 1. The number of hydrogen-bond donors (Lipinski definition) is 2. The molecule has 0 fully saturated rings. The highest BCUT2D eigenvalue weighted by atomic mass is 16.5. The van der Waals surface area contributed by atoms with Gasteiger partial charge in [-0.3, -0.25) is 4.79 Å². The highest BCUT2D eigenvalue weighted by Gasteiger charge is 1.99. The summed E-state index contributed by atoms with van der Waals surface area (Å²) in [5.74, 6) is -0.833. The molecule has 2 N–H and O–H groups in total. The first-order valence-electron chi connectivity index (χ1n) is 3.73. The average Bonchev–Trinajstić information content (AvgIpc) is 2.05. The molecule has 1 aliphatic heterocycles. The van der Waals surface area contributed by atoms with Gasteiger partial charge in [0.05, 0.1) is 19.8 Å². The van der Waals surface area contributed by atoms with E-state index in [2.05, 4.69) is 0 Å². The second kappa shape index (κ2) is 6.82.